The van der Waals surface area contributed by atoms with Crippen LogP contribution in [0.25, 0.3) is 0 Å². The fourth-order valence-electron chi connectivity index (χ4n) is 3.32. The van der Waals surface area contributed by atoms with E-state index in [1.165, 1.54) is 10.4 Å². The van der Waals surface area contributed by atoms with E-state index in [0.717, 1.165) is 5.56 Å². The quantitative estimate of drug-likeness (QED) is 0.766. The van der Waals surface area contributed by atoms with Crippen molar-refractivity contribution < 1.29 is 17.6 Å². The van der Waals surface area contributed by atoms with Crippen molar-refractivity contribution in [2.24, 2.45) is 0 Å². The van der Waals surface area contributed by atoms with Gasteiger partial charge in [-0.3, -0.25) is 4.79 Å². The van der Waals surface area contributed by atoms with Gasteiger partial charge in [-0.2, -0.15) is 4.31 Å². The van der Waals surface area contributed by atoms with E-state index in [1.54, 1.807) is 36.1 Å². The number of sulfonamides is 1. The van der Waals surface area contributed by atoms with Crippen molar-refractivity contribution in [1.29, 1.82) is 0 Å². The van der Waals surface area contributed by atoms with Gasteiger partial charge in [-0.15, -0.1) is 0 Å². The highest BCUT2D eigenvalue weighted by molar-refractivity contribution is 7.89. The molecule has 0 aromatic heterocycles. The second-order valence-corrected chi connectivity index (χ2v) is 10.4. The van der Waals surface area contributed by atoms with Gasteiger partial charge in [0, 0.05) is 31.7 Å². The molecule has 0 bridgehead atoms. The molecule has 29 heavy (non-hydrogen) atoms. The summed E-state index contributed by atoms with van der Waals surface area (Å²) in [6, 6.07) is 11.4. The number of carbonyl (C=O) groups excluding carboxylic acids is 1. The van der Waals surface area contributed by atoms with Crippen LogP contribution in [0.3, 0.4) is 0 Å². The molecule has 1 saturated heterocycles. The largest absolute Gasteiger partial charge is 0.336 e. The monoisotopic (exact) mass is 418 g/mol. The Labute approximate surface area is 172 Å². The Hall–Kier alpha value is -2.25. The highest BCUT2D eigenvalue weighted by atomic mass is 32.2. The lowest BCUT2D eigenvalue weighted by Gasteiger charge is -2.34. The normalized spacial score (nSPS) is 16.1. The van der Waals surface area contributed by atoms with Crippen LogP contribution in [0.5, 0.6) is 0 Å². The van der Waals surface area contributed by atoms with Crippen molar-refractivity contribution in [3.63, 3.8) is 0 Å². The van der Waals surface area contributed by atoms with Crippen molar-refractivity contribution in [2.75, 3.05) is 26.2 Å². The van der Waals surface area contributed by atoms with Gasteiger partial charge >= 0.3 is 0 Å². The standard InChI is InChI=1S/C22H27FN2O3S/c1-16-5-6-17(15-20(16)23)21(26)24-11-13-25(14-12-24)29(27,28)19-9-7-18(8-10-19)22(2,3)4/h5-10,15H,11-14H2,1-4H3. The van der Waals surface area contributed by atoms with E-state index in [9.17, 15) is 17.6 Å². The molecule has 1 amide bonds. The highest BCUT2D eigenvalue weighted by Gasteiger charge is 2.30. The van der Waals surface area contributed by atoms with Gasteiger partial charge in [0.05, 0.1) is 4.90 Å². The Morgan fingerprint density at radius 2 is 1.55 bits per heavy atom. The average molecular weight is 419 g/mol. The van der Waals surface area contributed by atoms with Crippen molar-refractivity contribution >= 4 is 15.9 Å². The third kappa shape index (κ3) is 4.51. The first-order chi connectivity index (χ1) is 13.5. The average Bonchev–Trinajstić information content (AvgIpc) is 2.69. The van der Waals surface area contributed by atoms with Crippen LogP contribution >= 0.6 is 0 Å². The molecular weight excluding hydrogens is 391 g/mol. The minimum Gasteiger partial charge on any atom is -0.336 e. The maximum Gasteiger partial charge on any atom is 0.254 e. The van der Waals surface area contributed by atoms with E-state index >= 15 is 0 Å². The summed E-state index contributed by atoms with van der Waals surface area (Å²) < 4.78 is 41.1. The summed E-state index contributed by atoms with van der Waals surface area (Å²) in [6.07, 6.45) is 0. The van der Waals surface area contributed by atoms with E-state index < -0.39 is 15.8 Å². The third-order valence-electron chi connectivity index (χ3n) is 5.30. The number of hydrogen-bond acceptors (Lipinski definition) is 3. The van der Waals surface area contributed by atoms with Crippen LogP contribution in [0, 0.1) is 12.7 Å². The van der Waals surface area contributed by atoms with Gasteiger partial charge in [0.1, 0.15) is 5.82 Å². The Bertz CT molecular complexity index is 1000. The van der Waals surface area contributed by atoms with E-state index in [4.69, 9.17) is 0 Å². The molecular formula is C22H27FN2O3S. The van der Waals surface area contributed by atoms with Crippen LogP contribution in [-0.4, -0.2) is 49.7 Å². The summed E-state index contributed by atoms with van der Waals surface area (Å²) in [5.41, 5.74) is 1.78. The first kappa shape index (κ1) is 21.5. The lowest BCUT2D eigenvalue weighted by atomic mass is 9.87. The molecule has 1 aliphatic heterocycles. The molecule has 7 heteroatoms. The molecule has 5 nitrogen and oxygen atoms in total. The van der Waals surface area contributed by atoms with E-state index in [-0.39, 0.29) is 48.0 Å². The predicted octanol–water partition coefficient (Wildman–Crippen LogP) is 3.58. The highest BCUT2D eigenvalue weighted by Crippen LogP contribution is 2.25. The maximum absolute atomic E-state index is 13.8. The zero-order valence-corrected chi connectivity index (χ0v) is 18.1. The molecule has 0 saturated carbocycles. The summed E-state index contributed by atoms with van der Waals surface area (Å²) in [6.45, 7) is 8.83. The number of halogens is 1. The summed E-state index contributed by atoms with van der Waals surface area (Å²) in [7, 11) is -3.62. The molecule has 2 aromatic carbocycles. The van der Waals surface area contributed by atoms with Crippen LogP contribution in [0.2, 0.25) is 0 Å². The Morgan fingerprint density at radius 3 is 2.07 bits per heavy atom. The molecule has 0 radical (unpaired) electrons. The Kier molecular flexibility index (Phi) is 5.83. The molecule has 0 aliphatic carbocycles. The maximum atomic E-state index is 13.8. The number of rotatable bonds is 3. The van der Waals surface area contributed by atoms with Crippen LogP contribution in [0.15, 0.2) is 47.4 Å². The molecule has 0 unspecified atom stereocenters. The van der Waals surface area contributed by atoms with Crippen molar-refractivity contribution in [3.8, 4) is 0 Å². The van der Waals surface area contributed by atoms with Crippen molar-refractivity contribution in [1.82, 2.24) is 9.21 Å². The van der Waals surface area contributed by atoms with Crippen molar-refractivity contribution in [2.45, 2.75) is 38.0 Å². The summed E-state index contributed by atoms with van der Waals surface area (Å²) in [5.74, 6) is -0.703. The second kappa shape index (κ2) is 7.88. The number of carbonyl (C=O) groups is 1. The molecule has 3 rings (SSSR count). The number of benzene rings is 2. The van der Waals surface area contributed by atoms with Gasteiger partial charge in [0.25, 0.3) is 5.91 Å². The predicted molar refractivity (Wildman–Crippen MR) is 111 cm³/mol. The minimum atomic E-state index is -3.62. The first-order valence-corrected chi connectivity index (χ1v) is 11.1. The zero-order valence-electron chi connectivity index (χ0n) is 17.3. The van der Waals surface area contributed by atoms with Crippen molar-refractivity contribution in [3.05, 3.63) is 65.0 Å². The molecule has 1 aliphatic rings. The van der Waals surface area contributed by atoms with Gasteiger partial charge in [0.2, 0.25) is 10.0 Å². The van der Waals surface area contributed by atoms with Gasteiger partial charge in [-0.25, -0.2) is 12.8 Å². The lowest BCUT2D eigenvalue weighted by Crippen LogP contribution is -2.50. The van der Waals surface area contributed by atoms with Crippen LogP contribution in [-0.2, 0) is 15.4 Å². The fourth-order valence-corrected chi connectivity index (χ4v) is 4.74. The van der Waals surface area contributed by atoms with Gasteiger partial charge in [-0.1, -0.05) is 39.0 Å². The van der Waals surface area contributed by atoms with E-state index in [0.29, 0.717) is 5.56 Å². The smallest absolute Gasteiger partial charge is 0.254 e. The minimum absolute atomic E-state index is 0.0519. The SMILES string of the molecule is Cc1ccc(C(=O)N2CCN(S(=O)(=O)c3ccc(C(C)(C)C)cc3)CC2)cc1F. The molecule has 0 N–H and O–H groups in total. The summed E-state index contributed by atoms with van der Waals surface area (Å²) in [4.78, 5) is 14.4. The Morgan fingerprint density at radius 1 is 0.966 bits per heavy atom. The van der Waals surface area contributed by atoms with Crippen LogP contribution in [0.4, 0.5) is 4.39 Å². The molecule has 156 valence electrons. The van der Waals surface area contributed by atoms with Gasteiger partial charge in [0.15, 0.2) is 0 Å². The Balaban J connectivity index is 1.69. The summed E-state index contributed by atoms with van der Waals surface area (Å²) >= 11 is 0. The number of nitrogens with zero attached hydrogens (tertiary/aromatic N) is 2. The number of aryl methyl sites for hydroxylation is 1. The lowest BCUT2D eigenvalue weighted by molar-refractivity contribution is 0.0697. The van der Waals surface area contributed by atoms with E-state index in [1.807, 2.05) is 12.1 Å². The van der Waals surface area contributed by atoms with E-state index in [2.05, 4.69) is 20.8 Å². The summed E-state index contributed by atoms with van der Waals surface area (Å²) in [5, 5.41) is 0. The molecule has 0 spiro atoms. The van der Waals surface area contributed by atoms with Gasteiger partial charge < -0.3 is 4.90 Å². The third-order valence-corrected chi connectivity index (χ3v) is 7.22. The van der Waals surface area contributed by atoms with Gasteiger partial charge in [-0.05, 0) is 47.7 Å². The first-order valence-electron chi connectivity index (χ1n) is 9.66. The zero-order chi connectivity index (χ0) is 21.4. The molecule has 0 atom stereocenters. The van der Waals surface area contributed by atoms with Crippen LogP contribution in [0.1, 0.15) is 42.3 Å². The number of hydrogen-bond donors (Lipinski definition) is 0. The second-order valence-electron chi connectivity index (χ2n) is 8.43. The number of amides is 1. The fraction of sp³-hybridized carbons (Fsp3) is 0.409. The number of piperazine rings is 1. The van der Waals surface area contributed by atoms with Crippen LogP contribution < -0.4 is 0 Å². The molecule has 1 fully saturated rings. The topological polar surface area (TPSA) is 57.7 Å². The molecule has 2 aromatic rings. The molecule has 1 heterocycles.